The van der Waals surface area contributed by atoms with Gasteiger partial charge in [0.2, 0.25) is 0 Å². The zero-order valence-corrected chi connectivity index (χ0v) is 17.1. The van der Waals surface area contributed by atoms with Crippen molar-refractivity contribution >= 4 is 40.8 Å². The van der Waals surface area contributed by atoms with E-state index in [1.54, 1.807) is 0 Å². The van der Waals surface area contributed by atoms with Crippen molar-refractivity contribution in [3.05, 3.63) is 35.5 Å². The second-order valence-electron chi connectivity index (χ2n) is 6.24. The number of hydrogen-bond donors (Lipinski definition) is 3. The molecule has 0 radical (unpaired) electrons. The molecule has 0 saturated carbocycles. The first-order chi connectivity index (χ1) is 10.5. The van der Waals surface area contributed by atoms with Gasteiger partial charge in [0.1, 0.15) is 0 Å². The van der Waals surface area contributed by atoms with Crippen LogP contribution in [-0.4, -0.2) is 30.6 Å². The third-order valence-corrected chi connectivity index (χ3v) is 4.28. The van der Waals surface area contributed by atoms with Gasteiger partial charge >= 0.3 is 0 Å². The molecule has 0 fully saturated rings. The molecule has 1 heterocycles. The Morgan fingerprint density at radius 1 is 1.26 bits per heavy atom. The van der Waals surface area contributed by atoms with Crippen LogP contribution >= 0.6 is 24.0 Å². The highest BCUT2D eigenvalue weighted by atomic mass is 127. The summed E-state index contributed by atoms with van der Waals surface area (Å²) in [5, 5.41) is 8.14. The van der Waals surface area contributed by atoms with E-state index in [1.165, 1.54) is 22.0 Å². The Balaban J connectivity index is 0.00000264. The van der Waals surface area contributed by atoms with Crippen molar-refractivity contribution < 1.29 is 0 Å². The van der Waals surface area contributed by atoms with E-state index in [2.05, 4.69) is 72.7 Å². The smallest absolute Gasteiger partial charge is 0.191 e. The number of nitrogens with one attached hydrogen (secondary N) is 3. The van der Waals surface area contributed by atoms with E-state index in [4.69, 9.17) is 0 Å². The van der Waals surface area contributed by atoms with Crippen molar-refractivity contribution in [2.24, 2.45) is 10.9 Å². The number of rotatable bonds is 5. The Kier molecular flexibility index (Phi) is 7.88. The van der Waals surface area contributed by atoms with Crippen molar-refractivity contribution in [1.82, 2.24) is 15.6 Å². The molecule has 3 N–H and O–H groups in total. The average molecular weight is 428 g/mol. The van der Waals surface area contributed by atoms with Gasteiger partial charge in [-0.05, 0) is 37.3 Å². The maximum Gasteiger partial charge on any atom is 0.191 e. The molecule has 1 atom stereocenters. The van der Waals surface area contributed by atoms with Crippen LogP contribution < -0.4 is 10.6 Å². The van der Waals surface area contributed by atoms with E-state index in [-0.39, 0.29) is 24.0 Å². The summed E-state index contributed by atoms with van der Waals surface area (Å²) in [4.78, 5) is 7.67. The first kappa shape index (κ1) is 19.8. The highest BCUT2D eigenvalue weighted by Crippen LogP contribution is 2.21. The molecule has 1 unspecified atom stereocenters. The fraction of sp³-hybridized carbons (Fsp3) is 0.500. The molecule has 23 heavy (non-hydrogen) atoms. The second kappa shape index (κ2) is 9.15. The van der Waals surface area contributed by atoms with E-state index < -0.39 is 0 Å². The maximum absolute atomic E-state index is 4.29. The second-order valence-corrected chi connectivity index (χ2v) is 6.24. The van der Waals surface area contributed by atoms with Crippen molar-refractivity contribution in [3.63, 3.8) is 0 Å². The summed E-state index contributed by atoms with van der Waals surface area (Å²) in [5.74, 6) is 1.45. The molecular formula is C18H29IN4. The molecule has 1 aromatic carbocycles. The molecule has 2 rings (SSSR count). The van der Waals surface area contributed by atoms with Crippen molar-refractivity contribution in [2.45, 2.75) is 40.2 Å². The predicted octanol–water partition coefficient (Wildman–Crippen LogP) is 3.85. The highest BCUT2D eigenvalue weighted by molar-refractivity contribution is 14.0. The lowest BCUT2D eigenvalue weighted by Crippen LogP contribution is -2.44. The van der Waals surface area contributed by atoms with E-state index >= 15 is 0 Å². The SMILES string of the molecule is CN=C(NCCc1c[nH]c2c(C)cccc12)NC(C)C(C)C.I. The molecule has 0 aliphatic rings. The van der Waals surface area contributed by atoms with Crippen molar-refractivity contribution in [2.75, 3.05) is 13.6 Å². The normalized spacial score (nSPS) is 13.0. The number of H-pyrrole nitrogens is 1. The highest BCUT2D eigenvalue weighted by Gasteiger charge is 2.09. The van der Waals surface area contributed by atoms with Crippen LogP contribution in [-0.2, 0) is 6.42 Å². The van der Waals surface area contributed by atoms with Crippen LogP contribution in [0.1, 0.15) is 31.9 Å². The lowest BCUT2D eigenvalue weighted by atomic mass is 10.1. The van der Waals surface area contributed by atoms with Crippen LogP contribution in [0.2, 0.25) is 0 Å². The van der Waals surface area contributed by atoms with Gasteiger partial charge in [-0.3, -0.25) is 4.99 Å². The molecule has 2 aromatic rings. The van der Waals surface area contributed by atoms with Gasteiger partial charge in [-0.25, -0.2) is 0 Å². The van der Waals surface area contributed by atoms with Gasteiger partial charge < -0.3 is 15.6 Å². The van der Waals surface area contributed by atoms with Gasteiger partial charge in [0.05, 0.1) is 0 Å². The van der Waals surface area contributed by atoms with E-state index in [1.807, 2.05) is 7.05 Å². The van der Waals surface area contributed by atoms with E-state index in [9.17, 15) is 0 Å². The molecule has 5 heteroatoms. The molecule has 0 bridgehead atoms. The molecule has 0 aliphatic heterocycles. The molecule has 4 nitrogen and oxygen atoms in total. The number of aromatic nitrogens is 1. The summed E-state index contributed by atoms with van der Waals surface area (Å²) >= 11 is 0. The molecule has 1 aromatic heterocycles. The molecular weight excluding hydrogens is 399 g/mol. The fourth-order valence-corrected chi connectivity index (χ4v) is 2.46. The Morgan fingerprint density at radius 2 is 2.00 bits per heavy atom. The van der Waals surface area contributed by atoms with E-state index in [0.717, 1.165) is 18.9 Å². The molecule has 0 spiro atoms. The minimum atomic E-state index is 0. The van der Waals surface area contributed by atoms with Gasteiger partial charge in [0.25, 0.3) is 0 Å². The largest absolute Gasteiger partial charge is 0.361 e. The minimum Gasteiger partial charge on any atom is -0.361 e. The first-order valence-electron chi connectivity index (χ1n) is 8.05. The van der Waals surface area contributed by atoms with Gasteiger partial charge in [-0.1, -0.05) is 32.0 Å². The molecule has 0 aliphatic carbocycles. The van der Waals surface area contributed by atoms with E-state index in [0.29, 0.717) is 12.0 Å². The Morgan fingerprint density at radius 3 is 2.65 bits per heavy atom. The number of halogens is 1. The fourth-order valence-electron chi connectivity index (χ4n) is 2.46. The minimum absolute atomic E-state index is 0. The number of fused-ring (bicyclic) bond motifs is 1. The summed E-state index contributed by atoms with van der Waals surface area (Å²) in [7, 11) is 1.82. The number of nitrogens with zero attached hydrogens (tertiary/aromatic N) is 1. The van der Waals surface area contributed by atoms with Gasteiger partial charge in [0, 0.05) is 36.7 Å². The monoisotopic (exact) mass is 428 g/mol. The predicted molar refractivity (Wildman–Crippen MR) is 111 cm³/mol. The van der Waals surface area contributed by atoms with Crippen molar-refractivity contribution in [3.8, 4) is 0 Å². The molecule has 0 amide bonds. The summed E-state index contributed by atoms with van der Waals surface area (Å²) in [6.45, 7) is 9.60. The summed E-state index contributed by atoms with van der Waals surface area (Å²) in [6.07, 6.45) is 3.09. The summed E-state index contributed by atoms with van der Waals surface area (Å²) < 4.78 is 0. The van der Waals surface area contributed by atoms with Crippen LogP contribution in [0.15, 0.2) is 29.4 Å². The van der Waals surface area contributed by atoms with Gasteiger partial charge in [0.15, 0.2) is 5.96 Å². The van der Waals surface area contributed by atoms with Crippen LogP contribution in [0.4, 0.5) is 0 Å². The summed E-state index contributed by atoms with van der Waals surface area (Å²) in [6, 6.07) is 6.84. The van der Waals surface area contributed by atoms with Crippen LogP contribution in [0.5, 0.6) is 0 Å². The van der Waals surface area contributed by atoms with Gasteiger partial charge in [-0.2, -0.15) is 0 Å². The first-order valence-corrected chi connectivity index (χ1v) is 8.05. The number of benzene rings is 1. The van der Waals surface area contributed by atoms with Crippen molar-refractivity contribution in [1.29, 1.82) is 0 Å². The third kappa shape index (κ3) is 5.12. The number of guanidine groups is 1. The van der Waals surface area contributed by atoms with Crippen LogP contribution in [0.3, 0.4) is 0 Å². The van der Waals surface area contributed by atoms with Crippen LogP contribution in [0.25, 0.3) is 10.9 Å². The number of hydrogen-bond acceptors (Lipinski definition) is 1. The summed E-state index contributed by atoms with van der Waals surface area (Å²) in [5.41, 5.74) is 3.88. The van der Waals surface area contributed by atoms with Crippen LogP contribution in [0, 0.1) is 12.8 Å². The zero-order valence-electron chi connectivity index (χ0n) is 14.7. The lowest BCUT2D eigenvalue weighted by molar-refractivity contribution is 0.481. The quantitative estimate of drug-likeness (QED) is 0.385. The Hall–Kier alpha value is -1.24. The number of aliphatic imine (C=N–C) groups is 1. The standard InChI is InChI=1S/C18H28N4.HI/c1-12(2)14(4)22-18(19-5)20-10-9-15-11-21-17-13(3)7-6-8-16(15)17;/h6-8,11-12,14,21H,9-10H2,1-5H3,(H2,19,20,22);1H. The number of aromatic amines is 1. The Labute approximate surface area is 156 Å². The topological polar surface area (TPSA) is 52.2 Å². The maximum atomic E-state index is 4.29. The Bertz CT molecular complexity index is 646. The average Bonchev–Trinajstić information content (AvgIpc) is 2.90. The lowest BCUT2D eigenvalue weighted by Gasteiger charge is -2.20. The number of para-hydroxylation sites is 1. The number of aryl methyl sites for hydroxylation is 1. The molecule has 0 saturated heterocycles. The molecule has 128 valence electrons. The van der Waals surface area contributed by atoms with Gasteiger partial charge in [-0.15, -0.1) is 24.0 Å². The third-order valence-electron chi connectivity index (χ3n) is 4.28. The zero-order chi connectivity index (χ0) is 16.1.